The number of hydrogen-bond donors (Lipinski definition) is 2. The zero-order valence-corrected chi connectivity index (χ0v) is 13.1. The average Bonchev–Trinajstić information content (AvgIpc) is 2.97. The molecule has 0 bridgehead atoms. The molecule has 6 nitrogen and oxygen atoms in total. The Morgan fingerprint density at radius 1 is 1.43 bits per heavy atom. The number of hydrogen-bond acceptors (Lipinski definition) is 5. The minimum absolute atomic E-state index is 0.0732. The first-order chi connectivity index (χ1) is 10.8. The van der Waals surface area contributed by atoms with Crippen molar-refractivity contribution in [1.29, 1.82) is 0 Å². The van der Waals surface area contributed by atoms with Crippen LogP contribution in [0.2, 0.25) is 0 Å². The van der Waals surface area contributed by atoms with Gasteiger partial charge in [-0.1, -0.05) is 19.0 Å². The van der Waals surface area contributed by atoms with Crippen LogP contribution in [0.15, 0.2) is 10.6 Å². The van der Waals surface area contributed by atoms with Crippen molar-refractivity contribution in [1.82, 2.24) is 20.7 Å². The molecular weight excluding hydrogens is 313 g/mol. The van der Waals surface area contributed by atoms with E-state index in [2.05, 4.69) is 15.8 Å². The Balaban J connectivity index is 1.98. The molecule has 1 aromatic heterocycles. The molecule has 130 valence electrons. The van der Waals surface area contributed by atoms with Crippen molar-refractivity contribution < 1.29 is 22.5 Å². The number of piperazine rings is 1. The highest BCUT2D eigenvalue weighted by Crippen LogP contribution is 2.25. The van der Waals surface area contributed by atoms with Crippen molar-refractivity contribution in [2.45, 2.75) is 32.0 Å². The summed E-state index contributed by atoms with van der Waals surface area (Å²) in [5.41, 5.74) is 0.588. The Hall–Kier alpha value is -1.61. The summed E-state index contributed by atoms with van der Waals surface area (Å²) in [5, 5.41) is 9.03. The lowest BCUT2D eigenvalue weighted by atomic mass is 10.1. The smallest absolute Gasteiger partial charge is 0.351 e. The summed E-state index contributed by atoms with van der Waals surface area (Å²) in [4.78, 5) is 13.3. The topological polar surface area (TPSA) is 70.4 Å². The Kier molecular flexibility index (Phi) is 5.64. The van der Waals surface area contributed by atoms with Crippen molar-refractivity contribution in [3.63, 3.8) is 0 Å². The second-order valence-electron chi connectivity index (χ2n) is 5.82. The lowest BCUT2D eigenvalue weighted by Crippen LogP contribution is -2.57. The van der Waals surface area contributed by atoms with Gasteiger partial charge in [0.15, 0.2) is 0 Å². The van der Waals surface area contributed by atoms with E-state index in [1.807, 2.05) is 13.8 Å². The van der Waals surface area contributed by atoms with E-state index in [-0.39, 0.29) is 11.7 Å². The summed E-state index contributed by atoms with van der Waals surface area (Å²) in [7, 11) is 0. The van der Waals surface area contributed by atoms with Crippen molar-refractivity contribution in [2.24, 2.45) is 0 Å². The summed E-state index contributed by atoms with van der Waals surface area (Å²) in [6.45, 7) is 4.83. The number of nitrogens with one attached hydrogen (secondary N) is 2. The Labute approximate surface area is 132 Å². The van der Waals surface area contributed by atoms with Gasteiger partial charge in [0.1, 0.15) is 6.04 Å². The minimum atomic E-state index is -4.41. The normalized spacial score (nSPS) is 18.2. The Morgan fingerprint density at radius 3 is 2.61 bits per heavy atom. The first kappa shape index (κ1) is 17.7. The number of alkyl halides is 3. The number of carbonyl (C=O) groups excluding carboxylic acids is 1. The minimum Gasteiger partial charge on any atom is -0.351 e. The van der Waals surface area contributed by atoms with Crippen LogP contribution in [-0.4, -0.2) is 60.9 Å². The van der Waals surface area contributed by atoms with Crippen molar-refractivity contribution >= 4 is 5.91 Å². The van der Waals surface area contributed by atoms with Crippen LogP contribution in [0.25, 0.3) is 0 Å². The standard InChI is InChI=1S/C14H21F3N4O2/c1-9(2)10-7-11(23-20-10)13(22)19-8-12(14(15,16)17)21-5-3-18-4-6-21/h7,9,12,18H,3-6,8H2,1-2H3,(H,19,22). The quantitative estimate of drug-likeness (QED) is 0.851. The van der Waals surface area contributed by atoms with Gasteiger partial charge in [-0.2, -0.15) is 13.2 Å². The number of carbonyl (C=O) groups is 1. The zero-order chi connectivity index (χ0) is 17.0. The van der Waals surface area contributed by atoms with Crippen molar-refractivity contribution in [3.05, 3.63) is 17.5 Å². The molecule has 1 aliphatic heterocycles. The van der Waals surface area contributed by atoms with Crippen LogP contribution < -0.4 is 10.6 Å². The Morgan fingerprint density at radius 2 is 2.09 bits per heavy atom. The summed E-state index contributed by atoms with van der Waals surface area (Å²) in [6.07, 6.45) is -4.41. The van der Waals surface area contributed by atoms with Gasteiger partial charge < -0.3 is 15.2 Å². The van der Waals surface area contributed by atoms with E-state index in [0.717, 1.165) is 0 Å². The predicted molar refractivity (Wildman–Crippen MR) is 77.2 cm³/mol. The summed E-state index contributed by atoms with van der Waals surface area (Å²) >= 11 is 0. The van der Waals surface area contributed by atoms with Crippen LogP contribution in [-0.2, 0) is 0 Å². The lowest BCUT2D eigenvalue weighted by Gasteiger charge is -2.35. The molecule has 0 aliphatic carbocycles. The molecule has 0 spiro atoms. The fourth-order valence-electron chi connectivity index (χ4n) is 2.39. The fourth-order valence-corrected chi connectivity index (χ4v) is 2.39. The molecule has 23 heavy (non-hydrogen) atoms. The molecule has 1 fully saturated rings. The summed E-state index contributed by atoms with van der Waals surface area (Å²) < 4.78 is 44.5. The van der Waals surface area contributed by atoms with Crippen molar-refractivity contribution in [3.8, 4) is 0 Å². The molecule has 9 heteroatoms. The van der Waals surface area contributed by atoms with Gasteiger partial charge in [0, 0.05) is 38.8 Å². The van der Waals surface area contributed by atoms with E-state index in [0.29, 0.717) is 31.9 Å². The maximum atomic E-state index is 13.2. The largest absolute Gasteiger partial charge is 0.405 e. The maximum absolute atomic E-state index is 13.2. The van der Waals surface area contributed by atoms with Gasteiger partial charge in [0.05, 0.1) is 5.69 Å². The molecule has 2 rings (SSSR count). The molecule has 1 saturated heterocycles. The van der Waals surface area contributed by atoms with E-state index in [1.165, 1.54) is 11.0 Å². The van der Waals surface area contributed by atoms with E-state index in [1.54, 1.807) is 0 Å². The lowest BCUT2D eigenvalue weighted by molar-refractivity contribution is -0.183. The molecule has 1 aliphatic rings. The molecule has 0 radical (unpaired) electrons. The molecule has 1 aromatic rings. The van der Waals surface area contributed by atoms with Crippen LogP contribution in [0.3, 0.4) is 0 Å². The van der Waals surface area contributed by atoms with Gasteiger partial charge in [-0.25, -0.2) is 0 Å². The highest BCUT2D eigenvalue weighted by atomic mass is 19.4. The molecule has 0 aromatic carbocycles. The van der Waals surface area contributed by atoms with Gasteiger partial charge in [0.2, 0.25) is 5.76 Å². The first-order valence-corrected chi connectivity index (χ1v) is 7.55. The molecule has 2 N–H and O–H groups in total. The second-order valence-corrected chi connectivity index (χ2v) is 5.82. The van der Waals surface area contributed by atoms with Crippen LogP contribution in [0, 0.1) is 0 Å². The highest BCUT2D eigenvalue weighted by Gasteiger charge is 2.43. The van der Waals surface area contributed by atoms with Crippen molar-refractivity contribution in [2.75, 3.05) is 32.7 Å². The van der Waals surface area contributed by atoms with Gasteiger partial charge in [-0.3, -0.25) is 9.69 Å². The molecule has 2 heterocycles. The van der Waals surface area contributed by atoms with Gasteiger partial charge in [0.25, 0.3) is 5.91 Å². The number of aromatic nitrogens is 1. The summed E-state index contributed by atoms with van der Waals surface area (Å²) in [6, 6.07) is -0.256. The molecular formula is C14H21F3N4O2. The third kappa shape index (κ3) is 4.68. The number of amides is 1. The number of rotatable bonds is 5. The fraction of sp³-hybridized carbons (Fsp3) is 0.714. The predicted octanol–water partition coefficient (Wildman–Crippen LogP) is 1.36. The Bertz CT molecular complexity index is 524. The number of nitrogens with zero attached hydrogens (tertiary/aromatic N) is 2. The molecule has 1 unspecified atom stereocenters. The van der Waals surface area contributed by atoms with E-state index < -0.39 is 24.7 Å². The zero-order valence-electron chi connectivity index (χ0n) is 13.1. The number of halogens is 3. The monoisotopic (exact) mass is 334 g/mol. The molecule has 1 amide bonds. The van der Waals surface area contributed by atoms with Gasteiger partial charge >= 0.3 is 6.18 Å². The molecule has 1 atom stereocenters. The van der Waals surface area contributed by atoms with Crippen LogP contribution in [0.1, 0.15) is 36.0 Å². The van der Waals surface area contributed by atoms with E-state index >= 15 is 0 Å². The van der Waals surface area contributed by atoms with Gasteiger partial charge in [-0.15, -0.1) is 0 Å². The summed E-state index contributed by atoms with van der Waals surface area (Å²) in [5.74, 6) is -0.687. The van der Waals surface area contributed by atoms with E-state index in [9.17, 15) is 18.0 Å². The highest BCUT2D eigenvalue weighted by molar-refractivity contribution is 5.91. The average molecular weight is 334 g/mol. The third-order valence-electron chi connectivity index (χ3n) is 3.77. The first-order valence-electron chi connectivity index (χ1n) is 7.55. The van der Waals surface area contributed by atoms with Crippen LogP contribution >= 0.6 is 0 Å². The van der Waals surface area contributed by atoms with Gasteiger partial charge in [-0.05, 0) is 5.92 Å². The van der Waals surface area contributed by atoms with Crippen LogP contribution in [0.5, 0.6) is 0 Å². The van der Waals surface area contributed by atoms with Crippen LogP contribution in [0.4, 0.5) is 13.2 Å². The third-order valence-corrected chi connectivity index (χ3v) is 3.77. The maximum Gasteiger partial charge on any atom is 0.405 e. The second kappa shape index (κ2) is 7.31. The SMILES string of the molecule is CC(C)c1cc(C(=O)NCC(N2CCNCC2)C(F)(F)F)on1. The molecule has 0 saturated carbocycles. The van der Waals surface area contributed by atoms with E-state index in [4.69, 9.17) is 4.52 Å².